The fourth-order valence-corrected chi connectivity index (χ4v) is 3.19. The molecule has 0 saturated heterocycles. The van der Waals surface area contributed by atoms with Gasteiger partial charge in [0.2, 0.25) is 0 Å². The van der Waals surface area contributed by atoms with Crippen molar-refractivity contribution >= 4 is 0 Å². The lowest BCUT2D eigenvalue weighted by Crippen LogP contribution is -2.10. The van der Waals surface area contributed by atoms with E-state index in [1.807, 2.05) is 0 Å². The maximum absolute atomic E-state index is 8.72. The first kappa shape index (κ1) is 16.4. The molecule has 1 aliphatic carbocycles. The van der Waals surface area contributed by atoms with E-state index in [0.717, 1.165) is 49.9 Å². The summed E-state index contributed by atoms with van der Waals surface area (Å²) in [5.74, 6) is 2.66. The van der Waals surface area contributed by atoms with Crippen molar-refractivity contribution < 1.29 is 9.84 Å². The highest BCUT2D eigenvalue weighted by Crippen LogP contribution is 2.35. The van der Waals surface area contributed by atoms with Crippen LogP contribution in [-0.2, 0) is 0 Å². The topological polar surface area (TPSA) is 29.5 Å². The van der Waals surface area contributed by atoms with Crippen LogP contribution in [-0.4, -0.2) is 18.3 Å². The minimum absolute atomic E-state index is 0.308. The fraction of sp³-hybridized carbons (Fsp3) is 0.684. The van der Waals surface area contributed by atoms with Crippen LogP contribution in [0.25, 0.3) is 0 Å². The molecule has 2 nitrogen and oxygen atoms in total. The third-order valence-corrected chi connectivity index (χ3v) is 4.69. The Balaban J connectivity index is 1.69. The van der Waals surface area contributed by atoms with Gasteiger partial charge in [0.05, 0.1) is 6.61 Å². The summed E-state index contributed by atoms with van der Waals surface area (Å²) in [7, 11) is 0. The third-order valence-electron chi connectivity index (χ3n) is 4.69. The number of hydrogen-bond donors (Lipinski definition) is 1. The Morgan fingerprint density at radius 1 is 0.952 bits per heavy atom. The molecule has 21 heavy (non-hydrogen) atoms. The normalized spacial score (nSPS) is 22.2. The van der Waals surface area contributed by atoms with Gasteiger partial charge < -0.3 is 9.84 Å². The lowest BCUT2D eigenvalue weighted by atomic mass is 9.79. The molecule has 0 radical (unpaired) electrons. The average molecular weight is 290 g/mol. The summed E-state index contributed by atoms with van der Waals surface area (Å²) in [5.41, 5.74) is 1.48. The Labute approximate surface area is 129 Å². The second kappa shape index (κ2) is 9.09. The van der Waals surface area contributed by atoms with Crippen molar-refractivity contribution in [2.24, 2.45) is 5.92 Å². The van der Waals surface area contributed by atoms with Crippen LogP contribution in [0, 0.1) is 5.92 Å². The molecule has 1 N–H and O–H groups in total. The average Bonchev–Trinajstić information content (AvgIpc) is 2.52. The summed E-state index contributed by atoms with van der Waals surface area (Å²) < 4.78 is 5.78. The first-order valence-corrected chi connectivity index (χ1v) is 8.63. The molecular formula is C19H30O2. The second-order valence-electron chi connectivity index (χ2n) is 6.51. The Kier molecular flexibility index (Phi) is 7.08. The lowest BCUT2D eigenvalue weighted by molar-refractivity contribution is 0.273. The van der Waals surface area contributed by atoms with E-state index in [9.17, 15) is 0 Å². The summed E-state index contributed by atoms with van der Waals surface area (Å²) in [6, 6.07) is 8.76. The van der Waals surface area contributed by atoms with Gasteiger partial charge in [0, 0.05) is 6.61 Å². The van der Waals surface area contributed by atoms with Gasteiger partial charge in [-0.3, -0.25) is 0 Å². The summed E-state index contributed by atoms with van der Waals surface area (Å²) >= 11 is 0. The number of aliphatic hydroxyl groups excluding tert-OH is 1. The van der Waals surface area contributed by atoms with Gasteiger partial charge in [-0.05, 0) is 61.6 Å². The van der Waals surface area contributed by atoms with Crippen LogP contribution < -0.4 is 4.74 Å². The predicted octanol–water partition coefficient (Wildman–Crippen LogP) is 4.91. The van der Waals surface area contributed by atoms with Gasteiger partial charge in [0.1, 0.15) is 5.75 Å². The molecule has 0 amide bonds. The second-order valence-corrected chi connectivity index (χ2v) is 6.51. The fourth-order valence-electron chi connectivity index (χ4n) is 3.19. The van der Waals surface area contributed by atoms with Crippen molar-refractivity contribution in [2.45, 2.75) is 64.2 Å². The summed E-state index contributed by atoms with van der Waals surface area (Å²) in [4.78, 5) is 0. The van der Waals surface area contributed by atoms with E-state index in [-0.39, 0.29) is 0 Å². The molecule has 2 rings (SSSR count). The molecule has 1 aliphatic rings. The molecule has 1 fully saturated rings. The van der Waals surface area contributed by atoms with Crippen LogP contribution in [0.4, 0.5) is 0 Å². The van der Waals surface area contributed by atoms with E-state index in [2.05, 4.69) is 31.2 Å². The van der Waals surface area contributed by atoms with E-state index >= 15 is 0 Å². The zero-order chi connectivity index (χ0) is 14.9. The third kappa shape index (κ3) is 5.70. The summed E-state index contributed by atoms with van der Waals surface area (Å²) in [6.45, 7) is 3.46. The van der Waals surface area contributed by atoms with Crippen LogP contribution in [0.5, 0.6) is 5.75 Å². The zero-order valence-electron chi connectivity index (χ0n) is 13.4. The van der Waals surface area contributed by atoms with Crippen molar-refractivity contribution in [1.29, 1.82) is 0 Å². The highest BCUT2D eigenvalue weighted by Gasteiger charge is 2.19. The zero-order valence-corrected chi connectivity index (χ0v) is 13.4. The van der Waals surface area contributed by atoms with Gasteiger partial charge in [-0.15, -0.1) is 0 Å². The Hall–Kier alpha value is -1.02. The van der Waals surface area contributed by atoms with Gasteiger partial charge in [-0.2, -0.15) is 0 Å². The van der Waals surface area contributed by atoms with Gasteiger partial charge in [0.25, 0.3) is 0 Å². The largest absolute Gasteiger partial charge is 0.494 e. The SMILES string of the molecule is CC1CCC(c2ccc(OCCCCCCO)cc2)CC1. The number of rotatable bonds is 8. The molecule has 0 bridgehead atoms. The summed E-state index contributed by atoms with van der Waals surface area (Å²) in [6.07, 6.45) is 9.64. The Morgan fingerprint density at radius 3 is 2.29 bits per heavy atom. The summed E-state index contributed by atoms with van der Waals surface area (Å²) in [5, 5.41) is 8.72. The molecule has 118 valence electrons. The maximum Gasteiger partial charge on any atom is 0.119 e. The van der Waals surface area contributed by atoms with E-state index in [4.69, 9.17) is 9.84 Å². The van der Waals surface area contributed by atoms with Crippen LogP contribution in [0.3, 0.4) is 0 Å². The van der Waals surface area contributed by atoms with Gasteiger partial charge in [-0.25, -0.2) is 0 Å². The molecule has 1 aromatic rings. The molecule has 2 heteroatoms. The van der Waals surface area contributed by atoms with Gasteiger partial charge >= 0.3 is 0 Å². The minimum Gasteiger partial charge on any atom is -0.494 e. The van der Waals surface area contributed by atoms with Gasteiger partial charge in [-0.1, -0.05) is 38.3 Å². The molecular weight excluding hydrogens is 260 g/mol. The molecule has 1 aromatic carbocycles. The number of unbranched alkanes of at least 4 members (excludes halogenated alkanes) is 3. The first-order chi connectivity index (χ1) is 10.3. The molecule has 0 heterocycles. The van der Waals surface area contributed by atoms with Crippen molar-refractivity contribution in [1.82, 2.24) is 0 Å². The van der Waals surface area contributed by atoms with Crippen molar-refractivity contribution in [2.75, 3.05) is 13.2 Å². The highest BCUT2D eigenvalue weighted by molar-refractivity contribution is 5.29. The lowest BCUT2D eigenvalue weighted by Gasteiger charge is -2.26. The number of hydrogen-bond acceptors (Lipinski definition) is 2. The Bertz CT molecular complexity index is 377. The van der Waals surface area contributed by atoms with Crippen molar-refractivity contribution in [3.05, 3.63) is 29.8 Å². The minimum atomic E-state index is 0.308. The van der Waals surface area contributed by atoms with E-state index in [1.165, 1.54) is 31.2 Å². The smallest absolute Gasteiger partial charge is 0.119 e. The van der Waals surface area contributed by atoms with Gasteiger partial charge in [0.15, 0.2) is 0 Å². The van der Waals surface area contributed by atoms with E-state index in [0.29, 0.717) is 6.61 Å². The van der Waals surface area contributed by atoms with Crippen molar-refractivity contribution in [3.8, 4) is 5.75 Å². The number of benzene rings is 1. The Morgan fingerprint density at radius 2 is 1.62 bits per heavy atom. The standard InChI is InChI=1S/C19H30O2/c1-16-6-8-17(9-7-16)18-10-12-19(13-11-18)21-15-5-3-2-4-14-20/h10-13,16-17,20H,2-9,14-15H2,1H3. The highest BCUT2D eigenvalue weighted by atomic mass is 16.5. The van der Waals surface area contributed by atoms with Crippen LogP contribution in [0.2, 0.25) is 0 Å². The van der Waals surface area contributed by atoms with Crippen LogP contribution in [0.1, 0.15) is 69.8 Å². The maximum atomic E-state index is 8.72. The molecule has 0 aromatic heterocycles. The molecule has 0 atom stereocenters. The molecule has 1 saturated carbocycles. The van der Waals surface area contributed by atoms with E-state index in [1.54, 1.807) is 0 Å². The first-order valence-electron chi connectivity index (χ1n) is 8.63. The van der Waals surface area contributed by atoms with Crippen molar-refractivity contribution in [3.63, 3.8) is 0 Å². The van der Waals surface area contributed by atoms with Crippen LogP contribution in [0.15, 0.2) is 24.3 Å². The quantitative estimate of drug-likeness (QED) is 0.689. The monoisotopic (exact) mass is 290 g/mol. The molecule has 0 spiro atoms. The van der Waals surface area contributed by atoms with Crippen LogP contribution >= 0.6 is 0 Å². The number of ether oxygens (including phenoxy) is 1. The van der Waals surface area contributed by atoms with E-state index < -0.39 is 0 Å². The number of aliphatic hydroxyl groups is 1. The molecule has 0 unspecified atom stereocenters. The molecule has 0 aliphatic heterocycles. The predicted molar refractivity (Wildman–Crippen MR) is 87.9 cm³/mol.